The molecule has 0 radical (unpaired) electrons. The maximum atomic E-state index is 10.2. The Bertz CT molecular complexity index is 765. The van der Waals surface area contributed by atoms with Crippen molar-refractivity contribution in [2.24, 2.45) is 0 Å². The summed E-state index contributed by atoms with van der Waals surface area (Å²) in [5.41, 5.74) is 2.12. The van der Waals surface area contributed by atoms with E-state index in [1.807, 2.05) is 55.6 Å². The molecule has 5 nitrogen and oxygen atoms in total. The van der Waals surface area contributed by atoms with Crippen LogP contribution in [0.5, 0.6) is 0 Å². The molecule has 1 N–H and O–H groups in total. The highest BCUT2D eigenvalue weighted by Gasteiger charge is 2.13. The molecule has 0 saturated carbocycles. The Kier molecular flexibility index (Phi) is 6.22. The van der Waals surface area contributed by atoms with Gasteiger partial charge in [-0.05, 0) is 24.7 Å². The fourth-order valence-electron chi connectivity index (χ4n) is 2.51. The normalized spacial score (nSPS) is 12.4. The lowest BCUT2D eigenvalue weighted by Gasteiger charge is -2.20. The van der Waals surface area contributed by atoms with Gasteiger partial charge in [-0.15, -0.1) is 10.2 Å². The van der Waals surface area contributed by atoms with Gasteiger partial charge < -0.3 is 9.52 Å². The third-order valence-corrected chi connectivity index (χ3v) is 4.61. The van der Waals surface area contributed by atoms with Crippen molar-refractivity contribution in [3.05, 3.63) is 66.2 Å². The van der Waals surface area contributed by atoms with Gasteiger partial charge in [0.1, 0.15) is 0 Å². The second kappa shape index (κ2) is 8.80. The summed E-state index contributed by atoms with van der Waals surface area (Å²) in [6.45, 7) is 1.39. The Morgan fingerprint density at radius 1 is 1.04 bits per heavy atom. The molecule has 1 heterocycles. The van der Waals surface area contributed by atoms with Crippen LogP contribution in [0.15, 0.2) is 70.3 Å². The van der Waals surface area contributed by atoms with E-state index in [4.69, 9.17) is 4.42 Å². The zero-order valence-corrected chi connectivity index (χ0v) is 14.9. The van der Waals surface area contributed by atoms with Crippen molar-refractivity contribution in [3.63, 3.8) is 0 Å². The van der Waals surface area contributed by atoms with Crippen LogP contribution in [0.25, 0.3) is 11.5 Å². The van der Waals surface area contributed by atoms with Crippen LogP contribution in [0, 0.1) is 0 Å². The number of aliphatic hydroxyl groups excluding tert-OH is 1. The van der Waals surface area contributed by atoms with E-state index in [0.29, 0.717) is 23.4 Å². The van der Waals surface area contributed by atoms with Crippen molar-refractivity contribution >= 4 is 11.8 Å². The smallest absolute Gasteiger partial charge is 0.276 e. The van der Waals surface area contributed by atoms with Crippen LogP contribution in [0.4, 0.5) is 0 Å². The van der Waals surface area contributed by atoms with E-state index in [2.05, 4.69) is 27.2 Å². The first-order chi connectivity index (χ1) is 12.2. The van der Waals surface area contributed by atoms with Crippen LogP contribution in [-0.4, -0.2) is 45.7 Å². The molecule has 0 aliphatic carbocycles. The SMILES string of the molecule is CN(Cc1ccccc1)CC(O)CSc1nnc(-c2ccccc2)o1. The molecule has 3 rings (SSSR count). The van der Waals surface area contributed by atoms with E-state index in [-0.39, 0.29) is 0 Å². The molecule has 0 bridgehead atoms. The number of likely N-dealkylation sites (N-methyl/N-ethyl adjacent to an activating group) is 1. The number of thioether (sulfide) groups is 1. The van der Waals surface area contributed by atoms with Gasteiger partial charge >= 0.3 is 0 Å². The Morgan fingerprint density at radius 3 is 2.44 bits per heavy atom. The van der Waals surface area contributed by atoms with Gasteiger partial charge in [-0.1, -0.05) is 60.3 Å². The number of hydrogen-bond acceptors (Lipinski definition) is 6. The number of aliphatic hydroxyl groups is 1. The van der Waals surface area contributed by atoms with E-state index in [1.54, 1.807) is 0 Å². The summed E-state index contributed by atoms with van der Waals surface area (Å²) in [4.78, 5) is 2.10. The Morgan fingerprint density at radius 2 is 1.72 bits per heavy atom. The molecule has 0 aliphatic heterocycles. The summed E-state index contributed by atoms with van der Waals surface area (Å²) >= 11 is 1.38. The molecular weight excluding hydrogens is 334 g/mol. The van der Waals surface area contributed by atoms with Gasteiger partial charge in [-0.3, -0.25) is 4.90 Å². The second-order valence-corrected chi connectivity index (χ2v) is 6.86. The Labute approximate surface area is 151 Å². The van der Waals surface area contributed by atoms with Crippen molar-refractivity contribution in [1.82, 2.24) is 15.1 Å². The number of nitrogens with zero attached hydrogens (tertiary/aromatic N) is 3. The van der Waals surface area contributed by atoms with Gasteiger partial charge in [-0.2, -0.15) is 0 Å². The fourth-order valence-corrected chi connectivity index (χ4v) is 3.18. The first-order valence-corrected chi connectivity index (χ1v) is 9.11. The molecule has 2 aromatic carbocycles. The average Bonchev–Trinajstić information content (AvgIpc) is 3.10. The molecule has 0 amide bonds. The highest BCUT2D eigenvalue weighted by Crippen LogP contribution is 2.23. The summed E-state index contributed by atoms with van der Waals surface area (Å²) in [5.74, 6) is 1.01. The summed E-state index contributed by atoms with van der Waals surface area (Å²) in [7, 11) is 2.00. The van der Waals surface area contributed by atoms with Crippen LogP contribution < -0.4 is 0 Å². The fraction of sp³-hybridized carbons (Fsp3) is 0.263. The van der Waals surface area contributed by atoms with Gasteiger partial charge in [-0.25, -0.2) is 0 Å². The maximum absolute atomic E-state index is 10.2. The molecule has 0 saturated heterocycles. The second-order valence-electron chi connectivity index (χ2n) is 5.89. The zero-order valence-electron chi connectivity index (χ0n) is 14.1. The lowest BCUT2D eigenvalue weighted by atomic mass is 10.2. The predicted octanol–water partition coefficient (Wildman–Crippen LogP) is 3.32. The average molecular weight is 355 g/mol. The van der Waals surface area contributed by atoms with E-state index in [1.165, 1.54) is 17.3 Å². The highest BCUT2D eigenvalue weighted by atomic mass is 32.2. The molecule has 0 spiro atoms. The van der Waals surface area contributed by atoms with Crippen LogP contribution in [0.1, 0.15) is 5.56 Å². The number of aromatic nitrogens is 2. The van der Waals surface area contributed by atoms with Crippen LogP contribution in [0.3, 0.4) is 0 Å². The highest BCUT2D eigenvalue weighted by molar-refractivity contribution is 7.99. The van der Waals surface area contributed by atoms with Crippen molar-refractivity contribution in [2.45, 2.75) is 17.9 Å². The zero-order chi connectivity index (χ0) is 17.5. The van der Waals surface area contributed by atoms with Gasteiger partial charge in [0, 0.05) is 24.4 Å². The largest absolute Gasteiger partial charge is 0.411 e. The molecule has 0 aliphatic rings. The summed E-state index contributed by atoms with van der Waals surface area (Å²) in [6, 6.07) is 19.9. The van der Waals surface area contributed by atoms with Crippen molar-refractivity contribution < 1.29 is 9.52 Å². The lowest BCUT2D eigenvalue weighted by Crippen LogP contribution is -2.30. The number of hydrogen-bond donors (Lipinski definition) is 1. The first-order valence-electron chi connectivity index (χ1n) is 8.13. The summed E-state index contributed by atoms with van der Waals surface area (Å²) in [6.07, 6.45) is -0.467. The Hall–Kier alpha value is -2.15. The summed E-state index contributed by atoms with van der Waals surface area (Å²) in [5, 5.41) is 18.8. The quantitative estimate of drug-likeness (QED) is 0.626. The topological polar surface area (TPSA) is 62.4 Å². The minimum Gasteiger partial charge on any atom is -0.411 e. The van der Waals surface area contributed by atoms with Gasteiger partial charge in [0.15, 0.2) is 0 Å². The van der Waals surface area contributed by atoms with Crippen LogP contribution in [-0.2, 0) is 6.54 Å². The first kappa shape index (κ1) is 17.7. The molecule has 25 heavy (non-hydrogen) atoms. The van der Waals surface area contributed by atoms with Crippen molar-refractivity contribution in [1.29, 1.82) is 0 Å². The third kappa shape index (κ3) is 5.42. The van der Waals surface area contributed by atoms with Crippen molar-refractivity contribution in [3.8, 4) is 11.5 Å². The van der Waals surface area contributed by atoms with E-state index in [9.17, 15) is 5.11 Å². The van der Waals surface area contributed by atoms with Gasteiger partial charge in [0.05, 0.1) is 6.10 Å². The Balaban J connectivity index is 1.46. The molecular formula is C19H21N3O2S. The summed E-state index contributed by atoms with van der Waals surface area (Å²) < 4.78 is 5.64. The lowest BCUT2D eigenvalue weighted by molar-refractivity contribution is 0.142. The minimum absolute atomic E-state index is 0.467. The van der Waals surface area contributed by atoms with Gasteiger partial charge in [0.25, 0.3) is 5.22 Å². The molecule has 1 aromatic heterocycles. The molecule has 3 aromatic rings. The standard InChI is InChI=1S/C19H21N3O2S/c1-22(12-15-8-4-2-5-9-15)13-17(23)14-25-19-21-20-18(24-19)16-10-6-3-7-11-16/h2-11,17,23H,12-14H2,1H3. The predicted molar refractivity (Wildman–Crippen MR) is 99.2 cm³/mol. The van der Waals surface area contributed by atoms with Crippen LogP contribution >= 0.6 is 11.8 Å². The van der Waals surface area contributed by atoms with E-state index >= 15 is 0 Å². The van der Waals surface area contributed by atoms with Crippen molar-refractivity contribution in [2.75, 3.05) is 19.3 Å². The minimum atomic E-state index is -0.467. The molecule has 1 atom stereocenters. The molecule has 6 heteroatoms. The number of benzene rings is 2. The van der Waals surface area contributed by atoms with E-state index in [0.717, 1.165) is 12.1 Å². The molecule has 130 valence electrons. The third-order valence-electron chi connectivity index (χ3n) is 3.64. The molecule has 1 unspecified atom stereocenters. The molecule has 0 fully saturated rings. The van der Waals surface area contributed by atoms with Crippen LogP contribution in [0.2, 0.25) is 0 Å². The van der Waals surface area contributed by atoms with E-state index < -0.39 is 6.10 Å². The number of rotatable bonds is 8. The maximum Gasteiger partial charge on any atom is 0.276 e. The monoisotopic (exact) mass is 355 g/mol. The van der Waals surface area contributed by atoms with Gasteiger partial charge in [0.2, 0.25) is 5.89 Å².